The van der Waals surface area contributed by atoms with Crippen LogP contribution < -0.4 is 5.32 Å². The number of nitrogens with one attached hydrogen (secondary N) is 1. The number of aryl methyl sites for hydroxylation is 1. The van der Waals surface area contributed by atoms with Gasteiger partial charge in [0.05, 0.1) is 0 Å². The van der Waals surface area contributed by atoms with Crippen molar-refractivity contribution in [2.45, 2.75) is 39.2 Å². The van der Waals surface area contributed by atoms with Crippen molar-refractivity contribution in [2.75, 3.05) is 26.2 Å². The summed E-state index contributed by atoms with van der Waals surface area (Å²) in [5.41, 5.74) is 1.95. The number of hydrogen-bond acceptors (Lipinski definition) is 3. The van der Waals surface area contributed by atoms with Crippen LogP contribution in [0.4, 0.5) is 0 Å². The molecule has 0 radical (unpaired) electrons. The first kappa shape index (κ1) is 14.4. The van der Waals surface area contributed by atoms with E-state index in [1.807, 2.05) is 25.1 Å². The third kappa shape index (κ3) is 4.51. The zero-order chi connectivity index (χ0) is 13.5. The van der Waals surface area contributed by atoms with Gasteiger partial charge in [0, 0.05) is 25.2 Å². The molecule has 0 spiro atoms. The zero-order valence-corrected chi connectivity index (χ0v) is 12.0. The van der Waals surface area contributed by atoms with Gasteiger partial charge in [-0.25, -0.2) is 0 Å². The Labute approximate surface area is 116 Å². The van der Waals surface area contributed by atoms with E-state index in [0.29, 0.717) is 5.75 Å². The van der Waals surface area contributed by atoms with Gasteiger partial charge in [-0.3, -0.25) is 0 Å². The van der Waals surface area contributed by atoms with Crippen LogP contribution in [0, 0.1) is 6.92 Å². The van der Waals surface area contributed by atoms with Crippen molar-refractivity contribution in [1.82, 2.24) is 10.2 Å². The lowest BCUT2D eigenvalue weighted by Gasteiger charge is -2.19. The van der Waals surface area contributed by atoms with Crippen molar-refractivity contribution in [1.29, 1.82) is 0 Å². The molecule has 2 N–H and O–H groups in total. The second-order valence-electron chi connectivity index (χ2n) is 5.52. The van der Waals surface area contributed by atoms with E-state index in [1.54, 1.807) is 0 Å². The highest BCUT2D eigenvalue weighted by molar-refractivity contribution is 5.39. The molecule has 19 heavy (non-hydrogen) atoms. The Bertz CT molecular complexity index is 384. The van der Waals surface area contributed by atoms with E-state index in [1.165, 1.54) is 38.8 Å². The largest absolute Gasteiger partial charge is 0.507 e. The average molecular weight is 262 g/mol. The van der Waals surface area contributed by atoms with Crippen molar-refractivity contribution in [3.8, 4) is 5.75 Å². The molecule has 0 bridgehead atoms. The van der Waals surface area contributed by atoms with Gasteiger partial charge in [0.1, 0.15) is 5.75 Å². The number of phenols is 1. The Morgan fingerprint density at radius 3 is 2.63 bits per heavy atom. The Balaban J connectivity index is 1.70. The fraction of sp³-hybridized carbons (Fsp3) is 0.625. The molecule has 0 atom stereocenters. The molecule has 1 aromatic carbocycles. The van der Waals surface area contributed by atoms with Gasteiger partial charge in [-0.05, 0) is 38.4 Å². The van der Waals surface area contributed by atoms with Crippen LogP contribution in [0.3, 0.4) is 0 Å². The van der Waals surface area contributed by atoms with Crippen LogP contribution in [-0.4, -0.2) is 36.2 Å². The minimum atomic E-state index is 0.435. The van der Waals surface area contributed by atoms with Gasteiger partial charge >= 0.3 is 0 Å². The Kier molecular flexibility index (Phi) is 5.67. The molecule has 1 fully saturated rings. The van der Waals surface area contributed by atoms with E-state index < -0.39 is 0 Å². The first-order valence-corrected chi connectivity index (χ1v) is 7.48. The molecule has 0 unspecified atom stereocenters. The molecule has 3 heteroatoms. The molecule has 1 heterocycles. The number of phenolic OH excluding ortho intramolecular Hbond substituents is 1. The van der Waals surface area contributed by atoms with Crippen molar-refractivity contribution in [2.24, 2.45) is 0 Å². The maximum Gasteiger partial charge on any atom is 0.122 e. The summed E-state index contributed by atoms with van der Waals surface area (Å²) in [6, 6.07) is 5.93. The first-order chi connectivity index (χ1) is 9.27. The minimum Gasteiger partial charge on any atom is -0.507 e. The van der Waals surface area contributed by atoms with Crippen LogP contribution in [0.1, 0.15) is 36.8 Å². The van der Waals surface area contributed by atoms with Crippen LogP contribution in [0.15, 0.2) is 18.2 Å². The fourth-order valence-electron chi connectivity index (χ4n) is 2.68. The summed E-state index contributed by atoms with van der Waals surface area (Å²) in [6.07, 6.45) is 5.47. The van der Waals surface area contributed by atoms with E-state index in [9.17, 15) is 5.11 Å². The highest BCUT2D eigenvalue weighted by Crippen LogP contribution is 2.20. The lowest BCUT2D eigenvalue weighted by Crippen LogP contribution is -2.32. The predicted octanol–water partition coefficient (Wildman–Crippen LogP) is 2.67. The molecular weight excluding hydrogens is 236 g/mol. The van der Waals surface area contributed by atoms with Crippen LogP contribution >= 0.6 is 0 Å². The van der Waals surface area contributed by atoms with E-state index in [2.05, 4.69) is 10.2 Å². The summed E-state index contributed by atoms with van der Waals surface area (Å²) in [6.45, 7) is 7.30. The van der Waals surface area contributed by atoms with Gasteiger partial charge in [0.2, 0.25) is 0 Å². The lowest BCUT2D eigenvalue weighted by molar-refractivity contribution is 0.284. The van der Waals surface area contributed by atoms with Gasteiger partial charge in [-0.15, -0.1) is 0 Å². The van der Waals surface area contributed by atoms with E-state index >= 15 is 0 Å². The normalized spacial score (nSPS) is 17.3. The van der Waals surface area contributed by atoms with E-state index in [4.69, 9.17) is 0 Å². The number of para-hydroxylation sites is 1. The van der Waals surface area contributed by atoms with Crippen LogP contribution in [0.2, 0.25) is 0 Å². The monoisotopic (exact) mass is 262 g/mol. The van der Waals surface area contributed by atoms with Gasteiger partial charge in [0.25, 0.3) is 0 Å². The maximum atomic E-state index is 9.93. The number of aromatic hydroxyl groups is 1. The van der Waals surface area contributed by atoms with Gasteiger partial charge in [-0.1, -0.05) is 31.0 Å². The maximum absolute atomic E-state index is 9.93. The Morgan fingerprint density at radius 2 is 1.89 bits per heavy atom. The Hall–Kier alpha value is -1.06. The average Bonchev–Trinajstić information content (AvgIpc) is 2.68. The molecule has 3 nitrogen and oxygen atoms in total. The molecule has 1 aromatic rings. The SMILES string of the molecule is Cc1cccc(CNCCN2CCCCCC2)c1O. The molecule has 2 rings (SSSR count). The molecule has 106 valence electrons. The second kappa shape index (κ2) is 7.51. The molecule has 1 saturated heterocycles. The van der Waals surface area contributed by atoms with Crippen LogP contribution in [-0.2, 0) is 6.54 Å². The summed E-state index contributed by atoms with van der Waals surface area (Å²) in [7, 11) is 0. The summed E-state index contributed by atoms with van der Waals surface area (Å²) in [4.78, 5) is 2.55. The summed E-state index contributed by atoms with van der Waals surface area (Å²) in [5, 5.41) is 13.4. The smallest absolute Gasteiger partial charge is 0.122 e. The molecule has 0 amide bonds. The minimum absolute atomic E-state index is 0.435. The van der Waals surface area contributed by atoms with E-state index in [0.717, 1.165) is 30.8 Å². The molecule has 0 aromatic heterocycles. The third-order valence-corrected chi connectivity index (χ3v) is 3.94. The topological polar surface area (TPSA) is 35.5 Å². The fourth-order valence-corrected chi connectivity index (χ4v) is 2.68. The molecule has 0 saturated carbocycles. The highest BCUT2D eigenvalue weighted by Gasteiger charge is 2.08. The first-order valence-electron chi connectivity index (χ1n) is 7.48. The van der Waals surface area contributed by atoms with Crippen molar-refractivity contribution < 1.29 is 5.11 Å². The van der Waals surface area contributed by atoms with Gasteiger partial charge < -0.3 is 15.3 Å². The summed E-state index contributed by atoms with van der Waals surface area (Å²) in [5.74, 6) is 0.435. The molecule has 0 aliphatic carbocycles. The quantitative estimate of drug-likeness (QED) is 0.801. The molecular formula is C16H26N2O. The molecule has 1 aliphatic rings. The van der Waals surface area contributed by atoms with Gasteiger partial charge in [-0.2, -0.15) is 0 Å². The summed E-state index contributed by atoms with van der Waals surface area (Å²) >= 11 is 0. The molecule has 1 aliphatic heterocycles. The lowest BCUT2D eigenvalue weighted by atomic mass is 10.1. The van der Waals surface area contributed by atoms with Crippen LogP contribution in [0.5, 0.6) is 5.75 Å². The number of benzene rings is 1. The standard InChI is InChI=1S/C16H26N2O/c1-14-7-6-8-15(16(14)19)13-17-9-12-18-10-4-2-3-5-11-18/h6-8,17,19H,2-5,9-13H2,1H3. The van der Waals surface area contributed by atoms with Crippen LogP contribution in [0.25, 0.3) is 0 Å². The van der Waals surface area contributed by atoms with E-state index in [-0.39, 0.29) is 0 Å². The Morgan fingerprint density at radius 1 is 1.16 bits per heavy atom. The van der Waals surface area contributed by atoms with Crippen molar-refractivity contribution >= 4 is 0 Å². The predicted molar refractivity (Wildman–Crippen MR) is 79.5 cm³/mol. The van der Waals surface area contributed by atoms with Gasteiger partial charge in [0.15, 0.2) is 0 Å². The zero-order valence-electron chi connectivity index (χ0n) is 12.0. The van der Waals surface area contributed by atoms with Crippen molar-refractivity contribution in [3.05, 3.63) is 29.3 Å². The summed E-state index contributed by atoms with van der Waals surface area (Å²) < 4.78 is 0. The number of rotatable bonds is 5. The second-order valence-corrected chi connectivity index (χ2v) is 5.52. The number of hydrogen-bond donors (Lipinski definition) is 2. The van der Waals surface area contributed by atoms with Crippen molar-refractivity contribution in [3.63, 3.8) is 0 Å². The third-order valence-electron chi connectivity index (χ3n) is 3.94. The highest BCUT2D eigenvalue weighted by atomic mass is 16.3. The number of likely N-dealkylation sites (tertiary alicyclic amines) is 1. The number of nitrogens with zero attached hydrogens (tertiary/aromatic N) is 1.